The first kappa shape index (κ1) is 13.3. The predicted molar refractivity (Wildman–Crippen MR) is 75.9 cm³/mol. The highest BCUT2D eigenvalue weighted by Crippen LogP contribution is 2.31. The Balaban J connectivity index is 1.51. The molecule has 0 radical (unpaired) electrons. The zero-order valence-electron chi connectivity index (χ0n) is 11.6. The molecule has 108 valence electrons. The van der Waals surface area contributed by atoms with Crippen molar-refractivity contribution in [2.24, 2.45) is 5.92 Å². The van der Waals surface area contributed by atoms with Gasteiger partial charge in [-0.3, -0.25) is 4.79 Å². The van der Waals surface area contributed by atoms with Crippen LogP contribution in [0.25, 0.3) is 0 Å². The zero-order valence-corrected chi connectivity index (χ0v) is 11.6. The van der Waals surface area contributed by atoms with Crippen molar-refractivity contribution in [2.75, 3.05) is 13.2 Å². The molecule has 2 aliphatic rings. The number of hydrogen-bond donors (Lipinski definition) is 1. The molecule has 0 spiro atoms. The van der Waals surface area contributed by atoms with E-state index in [4.69, 9.17) is 9.47 Å². The van der Waals surface area contributed by atoms with Crippen molar-refractivity contribution in [2.45, 2.75) is 38.2 Å². The molecule has 4 nitrogen and oxygen atoms in total. The standard InChI is InChI=1S/C16H21NO3/c18-16(17-10-12-6-2-1-3-7-12)15-11-19-13-8-4-5-9-14(13)20-15/h4-5,8-9,12,15H,1-3,6-7,10-11H2,(H,17,18)/t15-/m1/s1. The molecule has 0 bridgehead atoms. The van der Waals surface area contributed by atoms with Gasteiger partial charge in [0, 0.05) is 6.54 Å². The van der Waals surface area contributed by atoms with Crippen LogP contribution in [0.5, 0.6) is 11.5 Å². The van der Waals surface area contributed by atoms with Crippen LogP contribution < -0.4 is 14.8 Å². The smallest absolute Gasteiger partial charge is 0.264 e. The maximum Gasteiger partial charge on any atom is 0.264 e. The average Bonchev–Trinajstić information content (AvgIpc) is 2.53. The number of carbonyl (C=O) groups excluding carboxylic acids is 1. The molecule has 1 fully saturated rings. The van der Waals surface area contributed by atoms with Crippen molar-refractivity contribution in [3.63, 3.8) is 0 Å². The number of benzene rings is 1. The van der Waals surface area contributed by atoms with Crippen molar-refractivity contribution in [1.82, 2.24) is 5.32 Å². The Morgan fingerprint density at radius 1 is 1.15 bits per heavy atom. The number of ether oxygens (including phenoxy) is 2. The van der Waals surface area contributed by atoms with Gasteiger partial charge in [0.05, 0.1) is 0 Å². The summed E-state index contributed by atoms with van der Waals surface area (Å²) in [5, 5.41) is 3.01. The van der Waals surface area contributed by atoms with E-state index in [2.05, 4.69) is 5.32 Å². The molecule has 1 amide bonds. The van der Waals surface area contributed by atoms with Crippen LogP contribution in [0.3, 0.4) is 0 Å². The van der Waals surface area contributed by atoms with E-state index in [1.165, 1.54) is 32.1 Å². The number of amides is 1. The minimum Gasteiger partial charge on any atom is -0.485 e. The van der Waals surface area contributed by atoms with Crippen molar-refractivity contribution in [3.05, 3.63) is 24.3 Å². The van der Waals surface area contributed by atoms with E-state index in [-0.39, 0.29) is 12.5 Å². The summed E-state index contributed by atoms with van der Waals surface area (Å²) in [4.78, 5) is 12.1. The minimum atomic E-state index is -0.534. The summed E-state index contributed by atoms with van der Waals surface area (Å²) < 4.78 is 11.3. The molecule has 0 unspecified atom stereocenters. The zero-order chi connectivity index (χ0) is 13.8. The monoisotopic (exact) mass is 275 g/mol. The lowest BCUT2D eigenvalue weighted by Gasteiger charge is -2.27. The highest BCUT2D eigenvalue weighted by molar-refractivity contribution is 5.81. The molecule has 1 atom stereocenters. The number of hydrogen-bond acceptors (Lipinski definition) is 3. The van der Waals surface area contributed by atoms with E-state index in [0.717, 1.165) is 6.54 Å². The molecular weight excluding hydrogens is 254 g/mol. The summed E-state index contributed by atoms with van der Waals surface area (Å²) in [6.45, 7) is 1.05. The Kier molecular flexibility index (Phi) is 4.09. The summed E-state index contributed by atoms with van der Waals surface area (Å²) >= 11 is 0. The normalized spacial score (nSPS) is 22.3. The van der Waals surface area contributed by atoms with Crippen LogP contribution in [0.15, 0.2) is 24.3 Å². The van der Waals surface area contributed by atoms with Crippen LogP contribution >= 0.6 is 0 Å². The highest BCUT2D eigenvalue weighted by atomic mass is 16.6. The molecule has 20 heavy (non-hydrogen) atoms. The molecule has 1 aromatic carbocycles. The maximum absolute atomic E-state index is 12.1. The molecule has 0 saturated heterocycles. The molecule has 1 saturated carbocycles. The van der Waals surface area contributed by atoms with Gasteiger partial charge in [-0.25, -0.2) is 0 Å². The van der Waals surface area contributed by atoms with Crippen molar-refractivity contribution >= 4 is 5.91 Å². The summed E-state index contributed by atoms with van der Waals surface area (Å²) in [7, 11) is 0. The summed E-state index contributed by atoms with van der Waals surface area (Å²) in [6, 6.07) is 7.46. The lowest BCUT2D eigenvalue weighted by Crippen LogP contribution is -2.45. The highest BCUT2D eigenvalue weighted by Gasteiger charge is 2.27. The fourth-order valence-corrected chi connectivity index (χ4v) is 2.90. The fourth-order valence-electron chi connectivity index (χ4n) is 2.90. The molecule has 1 aliphatic heterocycles. The Hall–Kier alpha value is -1.71. The molecule has 4 heteroatoms. The van der Waals surface area contributed by atoms with Gasteiger partial charge in [-0.05, 0) is 30.9 Å². The molecule has 1 aromatic rings. The van der Waals surface area contributed by atoms with Crippen molar-refractivity contribution in [1.29, 1.82) is 0 Å². The first-order valence-electron chi connectivity index (χ1n) is 7.49. The largest absolute Gasteiger partial charge is 0.485 e. The third kappa shape index (κ3) is 3.06. The Labute approximate surface area is 119 Å². The van der Waals surface area contributed by atoms with Crippen LogP contribution in [0.2, 0.25) is 0 Å². The second-order valence-corrected chi connectivity index (χ2v) is 5.61. The molecule has 1 N–H and O–H groups in total. The van der Waals surface area contributed by atoms with Gasteiger partial charge in [-0.1, -0.05) is 31.4 Å². The average molecular weight is 275 g/mol. The van der Waals surface area contributed by atoms with Gasteiger partial charge in [0.2, 0.25) is 6.10 Å². The van der Waals surface area contributed by atoms with Crippen LogP contribution in [0.1, 0.15) is 32.1 Å². The van der Waals surface area contributed by atoms with Crippen molar-refractivity contribution < 1.29 is 14.3 Å². The lowest BCUT2D eigenvalue weighted by atomic mass is 9.89. The second kappa shape index (κ2) is 6.16. The molecule has 0 aromatic heterocycles. The number of para-hydroxylation sites is 2. The van der Waals surface area contributed by atoms with E-state index < -0.39 is 6.10 Å². The first-order chi connectivity index (χ1) is 9.83. The van der Waals surface area contributed by atoms with Gasteiger partial charge in [0.15, 0.2) is 11.5 Å². The Morgan fingerprint density at radius 2 is 1.90 bits per heavy atom. The van der Waals surface area contributed by atoms with Gasteiger partial charge in [0.25, 0.3) is 5.91 Å². The van der Waals surface area contributed by atoms with Crippen LogP contribution in [-0.4, -0.2) is 25.2 Å². The van der Waals surface area contributed by atoms with Gasteiger partial charge in [0.1, 0.15) is 6.61 Å². The minimum absolute atomic E-state index is 0.0647. The van der Waals surface area contributed by atoms with Crippen LogP contribution in [0.4, 0.5) is 0 Å². The number of nitrogens with one attached hydrogen (secondary N) is 1. The van der Waals surface area contributed by atoms with Gasteiger partial charge in [-0.15, -0.1) is 0 Å². The van der Waals surface area contributed by atoms with Gasteiger partial charge in [-0.2, -0.15) is 0 Å². The van der Waals surface area contributed by atoms with E-state index in [9.17, 15) is 4.79 Å². The topological polar surface area (TPSA) is 47.6 Å². The first-order valence-corrected chi connectivity index (χ1v) is 7.49. The summed E-state index contributed by atoms with van der Waals surface area (Å²) in [5.74, 6) is 1.93. The van der Waals surface area contributed by atoms with Crippen LogP contribution in [-0.2, 0) is 4.79 Å². The van der Waals surface area contributed by atoms with Gasteiger partial charge >= 0.3 is 0 Å². The third-order valence-electron chi connectivity index (χ3n) is 4.09. The Morgan fingerprint density at radius 3 is 2.70 bits per heavy atom. The quantitative estimate of drug-likeness (QED) is 0.922. The molecule has 3 rings (SSSR count). The SMILES string of the molecule is O=C(NCC1CCCCC1)[C@H]1COc2ccccc2O1. The Bertz CT molecular complexity index is 469. The van der Waals surface area contributed by atoms with E-state index in [1.54, 1.807) is 0 Å². The lowest BCUT2D eigenvalue weighted by molar-refractivity contribution is -0.130. The van der Waals surface area contributed by atoms with Crippen LogP contribution in [0, 0.1) is 5.92 Å². The summed E-state index contributed by atoms with van der Waals surface area (Å²) in [5.41, 5.74) is 0. The van der Waals surface area contributed by atoms with Gasteiger partial charge < -0.3 is 14.8 Å². The molecular formula is C16H21NO3. The third-order valence-corrected chi connectivity index (χ3v) is 4.09. The number of fused-ring (bicyclic) bond motifs is 1. The fraction of sp³-hybridized carbons (Fsp3) is 0.562. The van der Waals surface area contributed by atoms with E-state index in [0.29, 0.717) is 17.4 Å². The maximum atomic E-state index is 12.1. The van der Waals surface area contributed by atoms with E-state index >= 15 is 0 Å². The molecule has 1 heterocycles. The number of carbonyl (C=O) groups is 1. The summed E-state index contributed by atoms with van der Waals surface area (Å²) in [6.07, 6.45) is 5.83. The predicted octanol–water partition coefficient (Wildman–Crippen LogP) is 2.52. The number of rotatable bonds is 3. The van der Waals surface area contributed by atoms with E-state index in [1.807, 2.05) is 24.3 Å². The van der Waals surface area contributed by atoms with Crippen molar-refractivity contribution in [3.8, 4) is 11.5 Å². The molecule has 1 aliphatic carbocycles. The second-order valence-electron chi connectivity index (χ2n) is 5.61.